The predicted molar refractivity (Wildman–Crippen MR) is 111 cm³/mol. The molecule has 4 rings (SSSR count). The van der Waals surface area contributed by atoms with Crippen LogP contribution in [0, 0.1) is 19.7 Å². The van der Waals surface area contributed by atoms with Crippen molar-refractivity contribution in [1.82, 2.24) is 14.5 Å². The highest BCUT2D eigenvalue weighted by molar-refractivity contribution is 5.94. The van der Waals surface area contributed by atoms with E-state index >= 15 is 0 Å². The molecule has 0 radical (unpaired) electrons. The van der Waals surface area contributed by atoms with Crippen LogP contribution in [0.3, 0.4) is 0 Å². The first-order chi connectivity index (χ1) is 14.0. The van der Waals surface area contributed by atoms with Gasteiger partial charge in [-0.05, 0) is 55.8 Å². The maximum absolute atomic E-state index is 13.4. The van der Waals surface area contributed by atoms with Crippen molar-refractivity contribution in [3.63, 3.8) is 0 Å². The molecule has 29 heavy (non-hydrogen) atoms. The molecule has 0 spiro atoms. The number of fused-ring (bicyclic) bond motifs is 1. The predicted octanol–water partition coefficient (Wildman–Crippen LogP) is 4.94. The molecule has 4 aromatic rings. The molecule has 0 fully saturated rings. The second-order valence-corrected chi connectivity index (χ2v) is 6.64. The summed E-state index contributed by atoms with van der Waals surface area (Å²) < 4.78 is 26.1. The van der Waals surface area contributed by atoms with Crippen molar-refractivity contribution in [2.45, 2.75) is 13.8 Å². The third-order valence-corrected chi connectivity index (χ3v) is 5.02. The molecule has 2 aromatic heterocycles. The van der Waals surface area contributed by atoms with Crippen LogP contribution >= 0.6 is 0 Å². The molecule has 0 aliphatic rings. The third-order valence-electron chi connectivity index (χ3n) is 5.02. The number of aryl methyl sites for hydroxylation is 1. The molecular weight excluding hydrogens is 371 g/mol. The summed E-state index contributed by atoms with van der Waals surface area (Å²) in [6.07, 6.45) is 1.52. The van der Waals surface area contributed by atoms with E-state index in [0.29, 0.717) is 17.3 Å². The fourth-order valence-corrected chi connectivity index (χ4v) is 3.45. The summed E-state index contributed by atoms with van der Waals surface area (Å²) in [4.78, 5) is 8.95. The summed E-state index contributed by atoms with van der Waals surface area (Å²) in [5, 5.41) is 4.26. The average molecular weight is 392 g/mol. The van der Waals surface area contributed by atoms with Gasteiger partial charge >= 0.3 is 0 Å². The van der Waals surface area contributed by atoms with Crippen LogP contribution in [0.25, 0.3) is 16.7 Å². The average Bonchev–Trinajstić information content (AvgIpc) is 3.00. The van der Waals surface area contributed by atoms with Crippen LogP contribution in [0.4, 0.5) is 15.9 Å². The molecule has 0 saturated carbocycles. The third kappa shape index (κ3) is 3.24. The number of hydrogen-bond acceptors (Lipinski definition) is 5. The Morgan fingerprint density at radius 3 is 2.34 bits per heavy atom. The summed E-state index contributed by atoms with van der Waals surface area (Å²) in [5.74, 6) is 1.69. The van der Waals surface area contributed by atoms with Gasteiger partial charge in [0.25, 0.3) is 0 Å². The Bertz CT molecular complexity index is 1190. The molecular formula is C22H21FN4O2. The van der Waals surface area contributed by atoms with Gasteiger partial charge in [-0.3, -0.25) is 4.57 Å². The zero-order chi connectivity index (χ0) is 20.5. The number of anilines is 2. The Morgan fingerprint density at radius 2 is 1.66 bits per heavy atom. The topological polar surface area (TPSA) is 61.2 Å². The van der Waals surface area contributed by atoms with Crippen LogP contribution in [0.2, 0.25) is 0 Å². The number of hydrogen-bond donors (Lipinski definition) is 1. The Morgan fingerprint density at radius 1 is 0.931 bits per heavy atom. The second-order valence-electron chi connectivity index (χ2n) is 6.64. The number of aromatic nitrogens is 3. The lowest BCUT2D eigenvalue weighted by Crippen LogP contribution is -2.00. The zero-order valence-electron chi connectivity index (χ0n) is 16.7. The first-order valence-electron chi connectivity index (χ1n) is 9.11. The van der Waals surface area contributed by atoms with Gasteiger partial charge in [-0.25, -0.2) is 14.4 Å². The van der Waals surface area contributed by atoms with Crippen molar-refractivity contribution in [2.75, 3.05) is 19.5 Å². The smallest absolute Gasteiger partial charge is 0.162 e. The number of rotatable bonds is 5. The molecule has 0 amide bonds. The molecule has 1 N–H and O–H groups in total. The van der Waals surface area contributed by atoms with Crippen LogP contribution < -0.4 is 14.8 Å². The molecule has 2 heterocycles. The summed E-state index contributed by atoms with van der Waals surface area (Å²) in [6.45, 7) is 4.04. The largest absolute Gasteiger partial charge is 0.493 e. The molecule has 0 aliphatic heterocycles. The highest BCUT2D eigenvalue weighted by Gasteiger charge is 2.18. The van der Waals surface area contributed by atoms with E-state index in [1.807, 2.05) is 36.6 Å². The number of benzene rings is 2. The molecule has 0 bridgehead atoms. The van der Waals surface area contributed by atoms with Crippen LogP contribution in [-0.2, 0) is 0 Å². The highest BCUT2D eigenvalue weighted by Crippen LogP contribution is 2.35. The normalized spacial score (nSPS) is 10.9. The highest BCUT2D eigenvalue weighted by atomic mass is 19.1. The van der Waals surface area contributed by atoms with Crippen molar-refractivity contribution < 1.29 is 13.9 Å². The monoisotopic (exact) mass is 392 g/mol. The van der Waals surface area contributed by atoms with E-state index in [4.69, 9.17) is 9.47 Å². The van der Waals surface area contributed by atoms with Gasteiger partial charge in [0.2, 0.25) is 0 Å². The minimum atomic E-state index is -0.273. The Labute approximate surface area is 167 Å². The molecule has 148 valence electrons. The van der Waals surface area contributed by atoms with Gasteiger partial charge in [0, 0.05) is 23.1 Å². The van der Waals surface area contributed by atoms with Gasteiger partial charge < -0.3 is 14.8 Å². The van der Waals surface area contributed by atoms with Crippen molar-refractivity contribution in [1.29, 1.82) is 0 Å². The quantitative estimate of drug-likeness (QED) is 0.521. The van der Waals surface area contributed by atoms with Crippen LogP contribution in [0.1, 0.15) is 11.3 Å². The van der Waals surface area contributed by atoms with E-state index in [0.717, 1.165) is 33.7 Å². The van der Waals surface area contributed by atoms with Gasteiger partial charge in [-0.1, -0.05) is 0 Å². The Kier molecular flexibility index (Phi) is 4.80. The van der Waals surface area contributed by atoms with Crippen molar-refractivity contribution in [2.24, 2.45) is 0 Å². The summed E-state index contributed by atoms with van der Waals surface area (Å²) in [7, 11) is 3.20. The van der Waals surface area contributed by atoms with E-state index in [-0.39, 0.29) is 5.82 Å². The lowest BCUT2D eigenvalue weighted by molar-refractivity contribution is 0.355. The molecule has 6 nitrogen and oxygen atoms in total. The second kappa shape index (κ2) is 7.43. The molecule has 0 atom stereocenters. The molecule has 0 saturated heterocycles. The van der Waals surface area contributed by atoms with Gasteiger partial charge in [-0.2, -0.15) is 0 Å². The number of halogens is 1. The number of nitrogens with one attached hydrogen (secondary N) is 1. The SMILES string of the molecule is COc1ccc(Nc2ncnc3c2c(C)c(C)n3-c2ccc(F)cc2)cc1OC. The maximum Gasteiger partial charge on any atom is 0.162 e. The van der Waals surface area contributed by atoms with E-state index in [1.54, 1.807) is 26.4 Å². The minimum Gasteiger partial charge on any atom is -0.493 e. The van der Waals surface area contributed by atoms with Gasteiger partial charge in [0.1, 0.15) is 18.0 Å². The van der Waals surface area contributed by atoms with Crippen LogP contribution in [0.5, 0.6) is 11.5 Å². The Hall–Kier alpha value is -3.61. The number of nitrogens with zero attached hydrogens (tertiary/aromatic N) is 3. The van der Waals surface area contributed by atoms with Crippen molar-refractivity contribution in [3.8, 4) is 17.2 Å². The first-order valence-corrected chi connectivity index (χ1v) is 9.11. The van der Waals surface area contributed by atoms with Gasteiger partial charge in [0.15, 0.2) is 17.1 Å². The maximum atomic E-state index is 13.4. The summed E-state index contributed by atoms with van der Waals surface area (Å²) in [6, 6.07) is 12.0. The van der Waals surface area contributed by atoms with E-state index in [1.165, 1.54) is 18.5 Å². The van der Waals surface area contributed by atoms with Crippen LogP contribution in [-0.4, -0.2) is 28.8 Å². The van der Waals surface area contributed by atoms with Gasteiger partial charge in [-0.15, -0.1) is 0 Å². The molecule has 2 aromatic carbocycles. The summed E-state index contributed by atoms with van der Waals surface area (Å²) >= 11 is 0. The fraction of sp³-hybridized carbons (Fsp3) is 0.182. The molecule has 0 unspecified atom stereocenters. The van der Waals surface area contributed by atoms with E-state index in [9.17, 15) is 4.39 Å². The Balaban J connectivity index is 1.83. The van der Waals surface area contributed by atoms with E-state index in [2.05, 4.69) is 15.3 Å². The lowest BCUT2D eigenvalue weighted by Gasteiger charge is -2.12. The van der Waals surface area contributed by atoms with Gasteiger partial charge in [0.05, 0.1) is 19.6 Å². The zero-order valence-corrected chi connectivity index (χ0v) is 16.7. The number of methoxy groups -OCH3 is 2. The fourth-order valence-electron chi connectivity index (χ4n) is 3.45. The van der Waals surface area contributed by atoms with Crippen molar-refractivity contribution in [3.05, 3.63) is 65.9 Å². The summed E-state index contributed by atoms with van der Waals surface area (Å²) in [5.41, 5.74) is 4.48. The lowest BCUT2D eigenvalue weighted by atomic mass is 10.2. The minimum absolute atomic E-state index is 0.273. The first kappa shape index (κ1) is 18.7. The molecule has 7 heteroatoms. The van der Waals surface area contributed by atoms with E-state index < -0.39 is 0 Å². The standard InChI is InChI=1S/C22H21FN4O2/c1-13-14(2)27(17-8-5-15(23)6-9-17)22-20(13)21(24-12-25-22)26-16-7-10-18(28-3)19(11-16)29-4/h5-12H,1-4H3,(H,24,25,26). The van der Waals surface area contributed by atoms with Crippen molar-refractivity contribution >= 4 is 22.5 Å². The molecule has 0 aliphatic carbocycles. The van der Waals surface area contributed by atoms with Crippen LogP contribution in [0.15, 0.2) is 48.8 Å². The number of ether oxygens (including phenoxy) is 2.